The molecule has 0 radical (unpaired) electrons. The van der Waals surface area contributed by atoms with Gasteiger partial charge in [-0.2, -0.15) is 0 Å². The first-order chi connectivity index (χ1) is 15.3. The molecule has 1 amide bonds. The fraction of sp³-hybridized carbons (Fsp3) is 0.0870. The second-order valence-corrected chi connectivity index (χ2v) is 8.57. The third-order valence-electron chi connectivity index (χ3n) is 4.55. The maximum atomic E-state index is 13.0. The van der Waals surface area contributed by atoms with Crippen molar-refractivity contribution in [2.24, 2.45) is 0 Å². The summed E-state index contributed by atoms with van der Waals surface area (Å²) in [7, 11) is -3.76. The van der Waals surface area contributed by atoms with Gasteiger partial charge in [-0.3, -0.25) is 19.2 Å². The fourth-order valence-electron chi connectivity index (χ4n) is 3.02. The lowest BCUT2D eigenvalue weighted by atomic mass is 10.2. The molecule has 0 bridgehead atoms. The van der Waals surface area contributed by atoms with Crippen LogP contribution in [0.15, 0.2) is 89.8 Å². The van der Waals surface area contributed by atoms with Gasteiger partial charge in [-0.15, -0.1) is 0 Å². The summed E-state index contributed by atoms with van der Waals surface area (Å²) in [5.41, 5.74) is 1.43. The number of nitro groups is 1. The lowest BCUT2D eigenvalue weighted by molar-refractivity contribution is -0.384. The van der Waals surface area contributed by atoms with Crippen molar-refractivity contribution in [3.63, 3.8) is 0 Å². The van der Waals surface area contributed by atoms with Crippen LogP contribution in [0, 0.1) is 10.1 Å². The van der Waals surface area contributed by atoms with E-state index in [1.165, 1.54) is 58.9 Å². The maximum absolute atomic E-state index is 13.0. The summed E-state index contributed by atoms with van der Waals surface area (Å²) in [5.74, 6) is -0.452. The molecule has 0 aliphatic carbocycles. The van der Waals surface area contributed by atoms with Crippen LogP contribution in [-0.4, -0.2) is 25.8 Å². The quantitative estimate of drug-likeness (QED) is 0.309. The van der Waals surface area contributed by atoms with Crippen LogP contribution in [0.25, 0.3) is 6.08 Å². The molecule has 3 aromatic rings. The zero-order valence-electron chi connectivity index (χ0n) is 17.2. The van der Waals surface area contributed by atoms with E-state index in [0.29, 0.717) is 16.9 Å². The molecule has 164 valence electrons. The van der Waals surface area contributed by atoms with Crippen molar-refractivity contribution in [3.8, 4) is 0 Å². The average molecular weight is 452 g/mol. The first kappa shape index (κ1) is 22.7. The number of nitro benzene ring substituents is 1. The van der Waals surface area contributed by atoms with Crippen LogP contribution in [0.1, 0.15) is 12.5 Å². The van der Waals surface area contributed by atoms with Gasteiger partial charge in [-0.25, -0.2) is 8.42 Å². The van der Waals surface area contributed by atoms with Gasteiger partial charge in [0.2, 0.25) is 5.91 Å². The minimum absolute atomic E-state index is 0.0685. The highest BCUT2D eigenvalue weighted by atomic mass is 32.2. The number of hydrogen-bond donors (Lipinski definition) is 1. The molecular weight excluding hydrogens is 430 g/mol. The Labute approximate surface area is 186 Å². The van der Waals surface area contributed by atoms with Crippen molar-refractivity contribution in [2.45, 2.75) is 11.8 Å². The number of nitrogens with one attached hydrogen (secondary N) is 1. The van der Waals surface area contributed by atoms with E-state index in [1.807, 2.05) is 6.07 Å². The number of para-hydroxylation sites is 1. The Morgan fingerprint density at radius 3 is 2.34 bits per heavy atom. The first-order valence-corrected chi connectivity index (χ1v) is 11.2. The molecule has 0 fully saturated rings. The number of hydrogen-bond acceptors (Lipinski definition) is 5. The van der Waals surface area contributed by atoms with Crippen molar-refractivity contribution in [2.75, 3.05) is 16.2 Å². The van der Waals surface area contributed by atoms with Crippen molar-refractivity contribution in [1.29, 1.82) is 0 Å². The van der Waals surface area contributed by atoms with Crippen molar-refractivity contribution in [1.82, 2.24) is 0 Å². The Hall–Kier alpha value is -3.98. The molecule has 0 aromatic heterocycles. The molecule has 0 aliphatic rings. The standard InChI is InChI=1S/C23H21N3O5S/c1-2-25(20-8-4-3-5-9-20)32(30,31)22-14-12-19(13-15-22)24-23(27)16-11-18-7-6-10-21(17-18)26(28)29/h3-17H,2H2,1H3,(H,24,27)/b16-11+. The number of sulfonamides is 1. The lowest BCUT2D eigenvalue weighted by Crippen LogP contribution is -2.30. The molecule has 8 nitrogen and oxygen atoms in total. The predicted molar refractivity (Wildman–Crippen MR) is 124 cm³/mol. The molecule has 0 unspecified atom stereocenters. The molecule has 0 heterocycles. The Bertz CT molecular complexity index is 1240. The van der Waals surface area contributed by atoms with E-state index in [9.17, 15) is 23.3 Å². The molecule has 32 heavy (non-hydrogen) atoms. The monoisotopic (exact) mass is 451 g/mol. The van der Waals surface area contributed by atoms with E-state index in [2.05, 4.69) is 5.32 Å². The summed E-state index contributed by atoms with van der Waals surface area (Å²) < 4.78 is 27.3. The van der Waals surface area contributed by atoms with E-state index in [4.69, 9.17) is 0 Å². The van der Waals surface area contributed by atoms with Gasteiger partial charge in [0, 0.05) is 30.4 Å². The number of amides is 1. The summed E-state index contributed by atoms with van der Waals surface area (Å²) in [4.78, 5) is 22.6. The Kier molecular flexibility index (Phi) is 7.01. The van der Waals surface area contributed by atoms with Gasteiger partial charge in [0.1, 0.15) is 0 Å². The first-order valence-electron chi connectivity index (χ1n) is 9.72. The van der Waals surface area contributed by atoms with Crippen LogP contribution < -0.4 is 9.62 Å². The fourth-order valence-corrected chi connectivity index (χ4v) is 4.49. The van der Waals surface area contributed by atoms with E-state index >= 15 is 0 Å². The lowest BCUT2D eigenvalue weighted by Gasteiger charge is -2.23. The van der Waals surface area contributed by atoms with Crippen LogP contribution in [-0.2, 0) is 14.8 Å². The third-order valence-corrected chi connectivity index (χ3v) is 6.47. The smallest absolute Gasteiger partial charge is 0.270 e. The normalized spacial score (nSPS) is 11.3. The second-order valence-electron chi connectivity index (χ2n) is 6.70. The van der Waals surface area contributed by atoms with Crippen LogP contribution in [0.2, 0.25) is 0 Å². The van der Waals surface area contributed by atoms with Gasteiger partial charge in [0.25, 0.3) is 15.7 Å². The zero-order chi connectivity index (χ0) is 23.1. The van der Waals surface area contributed by atoms with Crippen LogP contribution >= 0.6 is 0 Å². The number of benzene rings is 3. The van der Waals surface area contributed by atoms with Crippen LogP contribution in [0.4, 0.5) is 17.1 Å². The second kappa shape index (κ2) is 9.88. The molecule has 9 heteroatoms. The molecule has 0 saturated heterocycles. The Morgan fingerprint density at radius 2 is 1.72 bits per heavy atom. The van der Waals surface area contributed by atoms with Gasteiger partial charge in [-0.1, -0.05) is 30.3 Å². The molecule has 1 N–H and O–H groups in total. The van der Waals surface area contributed by atoms with E-state index in [1.54, 1.807) is 37.3 Å². The number of carbonyl (C=O) groups excluding carboxylic acids is 1. The summed E-state index contributed by atoms with van der Waals surface area (Å²) in [5, 5.41) is 13.5. The Morgan fingerprint density at radius 1 is 1.03 bits per heavy atom. The Balaban J connectivity index is 1.71. The highest BCUT2D eigenvalue weighted by molar-refractivity contribution is 7.92. The predicted octanol–water partition coefficient (Wildman–Crippen LogP) is 4.46. The number of non-ortho nitro benzene ring substituents is 1. The molecule has 3 aromatic carbocycles. The summed E-state index contributed by atoms with van der Waals surface area (Å²) >= 11 is 0. The topological polar surface area (TPSA) is 110 Å². The molecule has 0 aliphatic heterocycles. The van der Waals surface area contributed by atoms with E-state index < -0.39 is 20.9 Å². The summed E-state index contributed by atoms with van der Waals surface area (Å²) in [6.07, 6.45) is 2.71. The van der Waals surface area contributed by atoms with Crippen molar-refractivity contribution in [3.05, 3.63) is 101 Å². The van der Waals surface area contributed by atoms with Gasteiger partial charge < -0.3 is 5.32 Å². The highest BCUT2D eigenvalue weighted by Crippen LogP contribution is 2.24. The number of carbonyl (C=O) groups is 1. The molecule has 3 rings (SSSR count). The van der Waals surface area contributed by atoms with Gasteiger partial charge in [-0.05, 0) is 55.0 Å². The number of anilines is 2. The molecule has 0 spiro atoms. The van der Waals surface area contributed by atoms with Crippen LogP contribution in [0.5, 0.6) is 0 Å². The number of nitrogens with zero attached hydrogens (tertiary/aromatic N) is 2. The largest absolute Gasteiger partial charge is 0.323 e. The number of rotatable bonds is 8. The van der Waals surface area contributed by atoms with Gasteiger partial charge in [0.15, 0.2) is 0 Å². The minimum atomic E-state index is -3.76. The minimum Gasteiger partial charge on any atom is -0.323 e. The third kappa shape index (κ3) is 5.38. The van der Waals surface area contributed by atoms with Crippen molar-refractivity contribution >= 4 is 39.1 Å². The van der Waals surface area contributed by atoms with Crippen molar-refractivity contribution < 1.29 is 18.1 Å². The molecular formula is C23H21N3O5S. The van der Waals surface area contributed by atoms with Crippen LogP contribution in [0.3, 0.4) is 0 Å². The average Bonchev–Trinajstić information content (AvgIpc) is 2.79. The van der Waals surface area contributed by atoms with Gasteiger partial charge >= 0.3 is 0 Å². The molecule has 0 atom stereocenters. The summed E-state index contributed by atoms with van der Waals surface area (Å²) in [6.45, 7) is 2.03. The maximum Gasteiger partial charge on any atom is 0.270 e. The molecule has 0 saturated carbocycles. The highest BCUT2D eigenvalue weighted by Gasteiger charge is 2.23. The van der Waals surface area contributed by atoms with E-state index in [0.717, 1.165) is 0 Å². The van der Waals surface area contributed by atoms with Gasteiger partial charge in [0.05, 0.1) is 15.5 Å². The zero-order valence-corrected chi connectivity index (χ0v) is 18.0. The van der Waals surface area contributed by atoms with E-state index in [-0.39, 0.29) is 17.1 Å². The summed E-state index contributed by atoms with van der Waals surface area (Å²) in [6, 6.07) is 20.6. The SMILES string of the molecule is CCN(c1ccccc1)S(=O)(=O)c1ccc(NC(=O)/C=C/c2cccc([N+](=O)[O-])c2)cc1.